The third kappa shape index (κ3) is 7.41. The summed E-state index contributed by atoms with van der Waals surface area (Å²) in [6, 6.07) is 0. The van der Waals surface area contributed by atoms with Gasteiger partial charge in [-0.1, -0.05) is 26.8 Å². The second-order valence-corrected chi connectivity index (χ2v) is 3.66. The largest absolute Gasteiger partial charge is 0.299 e. The summed E-state index contributed by atoms with van der Waals surface area (Å²) < 4.78 is 0. The first-order valence-corrected chi connectivity index (χ1v) is 3.66. The first-order chi connectivity index (χ1) is 4.56. The second kappa shape index (κ2) is 4.26. The molecule has 0 saturated heterocycles. The summed E-state index contributed by atoms with van der Waals surface area (Å²) in [7, 11) is 0. The van der Waals surface area contributed by atoms with Crippen LogP contribution in [0.4, 0.5) is 0 Å². The zero-order valence-electron chi connectivity index (χ0n) is 7.05. The van der Waals surface area contributed by atoms with E-state index in [2.05, 4.69) is 20.8 Å². The quantitative estimate of drug-likeness (QED) is 0.435. The van der Waals surface area contributed by atoms with Crippen LogP contribution >= 0.6 is 0 Å². The van der Waals surface area contributed by atoms with Gasteiger partial charge in [0.05, 0.1) is 0 Å². The zero-order chi connectivity index (χ0) is 8.04. The summed E-state index contributed by atoms with van der Waals surface area (Å²) in [5.41, 5.74) is 0.382. The Balaban J connectivity index is 3.37. The molecule has 0 heterocycles. The molecule has 0 aliphatic carbocycles. The fraction of sp³-hybridized carbons (Fsp3) is 0.667. The fourth-order valence-corrected chi connectivity index (χ4v) is 0.668. The lowest BCUT2D eigenvalue weighted by Gasteiger charge is -2.15. The molecule has 1 nitrogen and oxygen atoms in total. The van der Waals surface area contributed by atoms with Crippen LogP contribution in [0.2, 0.25) is 0 Å². The first-order valence-electron chi connectivity index (χ1n) is 3.66. The second-order valence-electron chi connectivity index (χ2n) is 3.66. The van der Waals surface area contributed by atoms with Gasteiger partial charge in [0.1, 0.15) is 6.29 Å². The summed E-state index contributed by atoms with van der Waals surface area (Å²) in [5.74, 6) is 0. The van der Waals surface area contributed by atoms with E-state index in [9.17, 15) is 4.79 Å². The van der Waals surface area contributed by atoms with Gasteiger partial charge in [0.2, 0.25) is 0 Å². The van der Waals surface area contributed by atoms with Crippen molar-refractivity contribution in [3.63, 3.8) is 0 Å². The summed E-state index contributed by atoms with van der Waals surface area (Å²) in [6.07, 6.45) is 6.44. The van der Waals surface area contributed by atoms with Crippen molar-refractivity contribution < 1.29 is 4.79 Å². The molecular weight excluding hydrogens is 124 g/mol. The van der Waals surface area contributed by atoms with E-state index in [-0.39, 0.29) is 0 Å². The highest BCUT2D eigenvalue weighted by Gasteiger charge is 2.07. The van der Waals surface area contributed by atoms with Crippen LogP contribution in [0.25, 0.3) is 0 Å². The van der Waals surface area contributed by atoms with Crippen molar-refractivity contribution in [3.8, 4) is 0 Å². The normalized spacial score (nSPS) is 12.3. The minimum absolute atomic E-state index is 0.382. The molecule has 1 heteroatoms. The Morgan fingerprint density at radius 3 is 2.30 bits per heavy atom. The molecule has 0 bridgehead atoms. The molecule has 58 valence electrons. The van der Waals surface area contributed by atoms with Crippen LogP contribution in [0.1, 0.15) is 33.6 Å². The highest BCUT2D eigenvalue weighted by Crippen LogP contribution is 2.20. The van der Waals surface area contributed by atoms with Gasteiger partial charge >= 0.3 is 0 Å². The lowest BCUT2D eigenvalue weighted by molar-refractivity contribution is -0.104. The molecule has 0 aliphatic rings. The summed E-state index contributed by atoms with van der Waals surface area (Å²) in [5, 5.41) is 0. The Kier molecular flexibility index (Phi) is 4.01. The lowest BCUT2D eigenvalue weighted by atomic mass is 9.91. The maximum absolute atomic E-state index is 9.84. The Morgan fingerprint density at radius 2 is 1.90 bits per heavy atom. The monoisotopic (exact) mass is 140 g/mol. The van der Waals surface area contributed by atoms with E-state index in [0.29, 0.717) is 5.41 Å². The third-order valence-corrected chi connectivity index (χ3v) is 1.28. The van der Waals surface area contributed by atoms with Crippen molar-refractivity contribution in [2.75, 3.05) is 0 Å². The topological polar surface area (TPSA) is 17.1 Å². The van der Waals surface area contributed by atoms with Gasteiger partial charge in [0.15, 0.2) is 0 Å². The smallest absolute Gasteiger partial charge is 0.142 e. The van der Waals surface area contributed by atoms with Crippen LogP contribution in [-0.2, 0) is 4.79 Å². The molecule has 0 rings (SSSR count). The van der Waals surface area contributed by atoms with Crippen LogP contribution in [0.5, 0.6) is 0 Å². The van der Waals surface area contributed by atoms with Gasteiger partial charge < -0.3 is 0 Å². The molecule has 0 aromatic rings. The Morgan fingerprint density at radius 1 is 1.30 bits per heavy atom. The van der Waals surface area contributed by atoms with Gasteiger partial charge in [0.25, 0.3) is 0 Å². The van der Waals surface area contributed by atoms with Crippen molar-refractivity contribution in [2.24, 2.45) is 5.41 Å². The predicted octanol–water partition coefficient (Wildman–Crippen LogP) is 2.57. The van der Waals surface area contributed by atoms with E-state index >= 15 is 0 Å². The predicted molar refractivity (Wildman–Crippen MR) is 43.9 cm³/mol. The molecule has 10 heavy (non-hydrogen) atoms. The maximum Gasteiger partial charge on any atom is 0.142 e. The van der Waals surface area contributed by atoms with Crippen molar-refractivity contribution in [1.82, 2.24) is 0 Å². The molecular formula is C9H16O. The van der Waals surface area contributed by atoms with Gasteiger partial charge in [-0.15, -0.1) is 0 Å². The molecule has 0 radical (unpaired) electrons. The molecule has 0 unspecified atom stereocenters. The SMILES string of the molecule is CC(C)(C)CC/C=C/C=O. The summed E-state index contributed by atoms with van der Waals surface area (Å²) in [4.78, 5) is 9.84. The fourth-order valence-electron chi connectivity index (χ4n) is 0.668. The summed E-state index contributed by atoms with van der Waals surface area (Å²) in [6.45, 7) is 6.59. The van der Waals surface area contributed by atoms with Crippen LogP contribution in [-0.4, -0.2) is 6.29 Å². The Bertz CT molecular complexity index is 117. The molecule has 0 amide bonds. The van der Waals surface area contributed by atoms with E-state index < -0.39 is 0 Å². The average Bonchev–Trinajstić information content (AvgIpc) is 1.78. The van der Waals surface area contributed by atoms with Gasteiger partial charge in [0, 0.05) is 0 Å². The summed E-state index contributed by atoms with van der Waals surface area (Å²) >= 11 is 0. The minimum atomic E-state index is 0.382. The molecule has 0 aromatic heterocycles. The molecule has 0 aliphatic heterocycles. The lowest BCUT2D eigenvalue weighted by Crippen LogP contribution is -2.02. The number of carbonyl (C=O) groups is 1. The van der Waals surface area contributed by atoms with E-state index in [1.807, 2.05) is 6.08 Å². The van der Waals surface area contributed by atoms with Crippen molar-refractivity contribution in [2.45, 2.75) is 33.6 Å². The molecule has 0 N–H and O–H groups in total. The van der Waals surface area contributed by atoms with Crippen molar-refractivity contribution in [3.05, 3.63) is 12.2 Å². The van der Waals surface area contributed by atoms with E-state index in [0.717, 1.165) is 19.1 Å². The number of hydrogen-bond acceptors (Lipinski definition) is 1. The van der Waals surface area contributed by atoms with E-state index in [1.165, 1.54) is 0 Å². The molecule has 0 saturated carbocycles. The molecule has 0 fully saturated rings. The number of aldehydes is 1. The number of allylic oxidation sites excluding steroid dienone is 2. The molecule has 0 aromatic carbocycles. The van der Waals surface area contributed by atoms with E-state index in [1.54, 1.807) is 6.08 Å². The standard InChI is InChI=1S/C9H16O/c1-9(2,3)7-5-4-6-8-10/h4,6,8H,5,7H2,1-3H3/b6-4+. The Hall–Kier alpha value is -0.590. The number of rotatable bonds is 3. The van der Waals surface area contributed by atoms with Gasteiger partial charge in [-0.3, -0.25) is 4.79 Å². The average molecular weight is 140 g/mol. The van der Waals surface area contributed by atoms with E-state index in [4.69, 9.17) is 0 Å². The minimum Gasteiger partial charge on any atom is -0.299 e. The number of hydrogen-bond donors (Lipinski definition) is 0. The maximum atomic E-state index is 9.84. The van der Waals surface area contributed by atoms with Crippen LogP contribution < -0.4 is 0 Å². The Labute approximate surface area is 63.1 Å². The van der Waals surface area contributed by atoms with Crippen molar-refractivity contribution >= 4 is 6.29 Å². The molecule has 0 spiro atoms. The van der Waals surface area contributed by atoms with Crippen LogP contribution in [0, 0.1) is 5.41 Å². The van der Waals surface area contributed by atoms with Crippen LogP contribution in [0.15, 0.2) is 12.2 Å². The van der Waals surface area contributed by atoms with Gasteiger partial charge in [-0.05, 0) is 24.3 Å². The van der Waals surface area contributed by atoms with Gasteiger partial charge in [-0.25, -0.2) is 0 Å². The van der Waals surface area contributed by atoms with Crippen molar-refractivity contribution in [1.29, 1.82) is 0 Å². The molecule has 0 atom stereocenters. The van der Waals surface area contributed by atoms with Crippen LogP contribution in [0.3, 0.4) is 0 Å². The third-order valence-electron chi connectivity index (χ3n) is 1.28. The first kappa shape index (κ1) is 9.41. The highest BCUT2D eigenvalue weighted by atomic mass is 16.1. The number of carbonyl (C=O) groups excluding carboxylic acids is 1. The van der Waals surface area contributed by atoms with Gasteiger partial charge in [-0.2, -0.15) is 0 Å². The highest BCUT2D eigenvalue weighted by molar-refractivity contribution is 5.64. The zero-order valence-corrected chi connectivity index (χ0v) is 7.05.